The molecule has 0 saturated carbocycles. The van der Waals surface area contributed by atoms with E-state index in [0.29, 0.717) is 29.3 Å². The van der Waals surface area contributed by atoms with Crippen molar-refractivity contribution in [2.24, 2.45) is 0 Å². The van der Waals surface area contributed by atoms with Crippen molar-refractivity contribution in [2.75, 3.05) is 18.0 Å². The first-order chi connectivity index (χ1) is 12.6. The summed E-state index contributed by atoms with van der Waals surface area (Å²) < 4.78 is 0. The number of phenolic OH excluding ortho intramolecular Hbond substituents is 1. The largest absolute Gasteiger partial charge is 0.507 e. The van der Waals surface area contributed by atoms with Gasteiger partial charge in [0.25, 0.3) is 0 Å². The van der Waals surface area contributed by atoms with Crippen molar-refractivity contribution in [3.8, 4) is 28.1 Å². The van der Waals surface area contributed by atoms with Crippen molar-refractivity contribution in [3.05, 3.63) is 36.8 Å². The van der Waals surface area contributed by atoms with Gasteiger partial charge in [-0.25, -0.2) is 4.98 Å². The Morgan fingerprint density at radius 3 is 2.73 bits per heavy atom. The molecule has 2 atom stereocenters. The van der Waals surface area contributed by atoms with E-state index in [1.54, 1.807) is 24.7 Å². The van der Waals surface area contributed by atoms with E-state index in [1.165, 1.54) is 0 Å². The molecular formula is C18H21N7O. The number of H-pyrrole nitrogens is 1. The molecule has 2 aromatic heterocycles. The lowest BCUT2D eigenvalue weighted by Gasteiger charge is -2.37. The third kappa shape index (κ3) is 3.11. The van der Waals surface area contributed by atoms with Crippen LogP contribution >= 0.6 is 0 Å². The van der Waals surface area contributed by atoms with E-state index in [0.717, 1.165) is 24.2 Å². The Balaban J connectivity index is 1.59. The van der Waals surface area contributed by atoms with Gasteiger partial charge in [-0.15, -0.1) is 10.2 Å². The van der Waals surface area contributed by atoms with Crippen LogP contribution in [0.5, 0.6) is 5.75 Å². The van der Waals surface area contributed by atoms with Crippen molar-refractivity contribution < 1.29 is 5.11 Å². The second kappa shape index (κ2) is 6.72. The van der Waals surface area contributed by atoms with Gasteiger partial charge in [0.05, 0.1) is 12.4 Å². The van der Waals surface area contributed by atoms with E-state index in [9.17, 15) is 5.11 Å². The van der Waals surface area contributed by atoms with Crippen LogP contribution in [0.3, 0.4) is 0 Å². The lowest BCUT2D eigenvalue weighted by Crippen LogP contribution is -2.55. The summed E-state index contributed by atoms with van der Waals surface area (Å²) in [6.07, 6.45) is 5.15. The maximum Gasteiger partial charge on any atom is 0.245 e. The number of aromatic nitrogens is 5. The van der Waals surface area contributed by atoms with Crippen molar-refractivity contribution in [3.63, 3.8) is 0 Å². The van der Waals surface area contributed by atoms with Gasteiger partial charge < -0.3 is 15.3 Å². The number of aromatic hydroxyl groups is 1. The van der Waals surface area contributed by atoms with Gasteiger partial charge in [0.2, 0.25) is 5.95 Å². The van der Waals surface area contributed by atoms with Gasteiger partial charge in [-0.05, 0) is 31.5 Å². The van der Waals surface area contributed by atoms with Gasteiger partial charge in [0.15, 0.2) is 0 Å². The van der Waals surface area contributed by atoms with Gasteiger partial charge in [-0.1, -0.05) is 6.07 Å². The molecule has 8 heteroatoms. The SMILES string of the molecule is C[C@@H]1CN(c2ncc(-c3ccc(-c4cn[nH]c4)cc3O)nn2)[C@@H](C)CN1. The van der Waals surface area contributed by atoms with Crippen LogP contribution in [0, 0.1) is 0 Å². The minimum Gasteiger partial charge on any atom is -0.507 e. The van der Waals surface area contributed by atoms with Crippen LogP contribution in [0.2, 0.25) is 0 Å². The Morgan fingerprint density at radius 1 is 1.15 bits per heavy atom. The molecule has 0 spiro atoms. The number of benzene rings is 1. The van der Waals surface area contributed by atoms with Crippen LogP contribution in [-0.2, 0) is 0 Å². The minimum atomic E-state index is 0.136. The highest BCUT2D eigenvalue weighted by Gasteiger charge is 2.24. The van der Waals surface area contributed by atoms with Crippen LogP contribution in [0.15, 0.2) is 36.8 Å². The van der Waals surface area contributed by atoms with Crippen molar-refractivity contribution in [2.45, 2.75) is 25.9 Å². The number of rotatable bonds is 3. The van der Waals surface area contributed by atoms with Crippen LogP contribution in [0.25, 0.3) is 22.4 Å². The number of phenols is 1. The third-order valence-corrected chi connectivity index (χ3v) is 4.68. The second-order valence-electron chi connectivity index (χ2n) is 6.67. The molecule has 134 valence electrons. The topological polar surface area (TPSA) is 103 Å². The number of aromatic amines is 1. The van der Waals surface area contributed by atoms with E-state index in [-0.39, 0.29) is 5.75 Å². The van der Waals surface area contributed by atoms with Gasteiger partial charge >= 0.3 is 0 Å². The summed E-state index contributed by atoms with van der Waals surface area (Å²) in [6, 6.07) is 6.11. The van der Waals surface area contributed by atoms with Gasteiger partial charge in [0.1, 0.15) is 11.4 Å². The van der Waals surface area contributed by atoms with Crippen molar-refractivity contribution >= 4 is 5.95 Å². The summed E-state index contributed by atoms with van der Waals surface area (Å²) in [5.74, 6) is 0.751. The number of hydrogen-bond acceptors (Lipinski definition) is 7. The highest BCUT2D eigenvalue weighted by Crippen LogP contribution is 2.32. The predicted molar refractivity (Wildman–Crippen MR) is 98.8 cm³/mol. The van der Waals surface area contributed by atoms with E-state index in [2.05, 4.69) is 49.4 Å². The van der Waals surface area contributed by atoms with Crippen LogP contribution in [-0.4, -0.2) is 55.7 Å². The number of anilines is 1. The zero-order chi connectivity index (χ0) is 18.1. The maximum absolute atomic E-state index is 10.4. The Bertz CT molecular complexity index is 879. The monoisotopic (exact) mass is 351 g/mol. The van der Waals surface area contributed by atoms with E-state index in [4.69, 9.17) is 0 Å². The smallest absolute Gasteiger partial charge is 0.245 e. The van der Waals surface area contributed by atoms with Gasteiger partial charge in [-0.2, -0.15) is 5.10 Å². The highest BCUT2D eigenvalue weighted by atomic mass is 16.3. The molecular weight excluding hydrogens is 330 g/mol. The Labute approximate surface area is 151 Å². The van der Waals surface area contributed by atoms with Crippen molar-refractivity contribution in [1.29, 1.82) is 0 Å². The highest BCUT2D eigenvalue weighted by molar-refractivity contribution is 5.73. The molecule has 1 aliphatic heterocycles. The molecule has 26 heavy (non-hydrogen) atoms. The molecule has 0 bridgehead atoms. The molecule has 0 unspecified atom stereocenters. The number of piperazine rings is 1. The van der Waals surface area contributed by atoms with E-state index in [1.807, 2.05) is 12.1 Å². The Hall–Kier alpha value is -3.00. The Kier molecular flexibility index (Phi) is 4.26. The molecule has 1 fully saturated rings. The molecule has 3 heterocycles. The fraction of sp³-hybridized carbons (Fsp3) is 0.333. The first kappa shape index (κ1) is 16.5. The number of hydrogen-bond donors (Lipinski definition) is 3. The number of nitrogens with zero attached hydrogens (tertiary/aromatic N) is 5. The molecule has 3 aromatic rings. The molecule has 1 saturated heterocycles. The average Bonchev–Trinajstić information content (AvgIpc) is 3.19. The second-order valence-corrected chi connectivity index (χ2v) is 6.67. The summed E-state index contributed by atoms with van der Waals surface area (Å²) >= 11 is 0. The van der Waals surface area contributed by atoms with Crippen LogP contribution < -0.4 is 10.2 Å². The first-order valence-electron chi connectivity index (χ1n) is 8.64. The zero-order valence-electron chi connectivity index (χ0n) is 14.7. The zero-order valence-corrected chi connectivity index (χ0v) is 14.7. The summed E-state index contributed by atoms with van der Waals surface area (Å²) in [7, 11) is 0. The summed E-state index contributed by atoms with van der Waals surface area (Å²) in [5.41, 5.74) is 2.93. The third-order valence-electron chi connectivity index (χ3n) is 4.68. The summed E-state index contributed by atoms with van der Waals surface area (Å²) in [6.45, 7) is 6.01. The molecule has 0 radical (unpaired) electrons. The fourth-order valence-electron chi connectivity index (χ4n) is 3.16. The van der Waals surface area contributed by atoms with Gasteiger partial charge in [0, 0.05) is 42.5 Å². The van der Waals surface area contributed by atoms with Crippen molar-refractivity contribution in [1.82, 2.24) is 30.7 Å². The maximum atomic E-state index is 10.4. The fourth-order valence-corrected chi connectivity index (χ4v) is 3.16. The van der Waals surface area contributed by atoms with E-state index < -0.39 is 0 Å². The number of nitrogens with one attached hydrogen (secondary N) is 2. The molecule has 8 nitrogen and oxygen atoms in total. The van der Waals surface area contributed by atoms with Crippen LogP contribution in [0.1, 0.15) is 13.8 Å². The first-order valence-corrected chi connectivity index (χ1v) is 8.64. The molecule has 0 aliphatic carbocycles. The van der Waals surface area contributed by atoms with Crippen LogP contribution in [0.4, 0.5) is 5.95 Å². The molecule has 1 aliphatic rings. The van der Waals surface area contributed by atoms with Gasteiger partial charge in [-0.3, -0.25) is 5.10 Å². The average molecular weight is 351 g/mol. The molecule has 4 rings (SSSR count). The molecule has 3 N–H and O–H groups in total. The van der Waals surface area contributed by atoms with E-state index >= 15 is 0 Å². The lowest BCUT2D eigenvalue weighted by atomic mass is 10.0. The molecule has 0 amide bonds. The molecule has 1 aromatic carbocycles. The summed E-state index contributed by atoms with van der Waals surface area (Å²) in [5, 5.41) is 29.1. The quantitative estimate of drug-likeness (QED) is 0.661. The standard InChI is InChI=1S/C18H21N7O/c1-11-10-25(12(2)6-19-11)18-20-9-16(23-24-18)15-4-3-13(5-17(15)26)14-7-21-22-8-14/h3-5,7-9,11-12,19,26H,6,10H2,1-2H3,(H,21,22)/t11-,12+/m1/s1. The summed E-state index contributed by atoms with van der Waals surface area (Å²) in [4.78, 5) is 6.63. The predicted octanol–water partition coefficient (Wildman–Crippen LogP) is 1.82. The Morgan fingerprint density at radius 2 is 2.04 bits per heavy atom. The normalized spacial score (nSPS) is 20.3. The lowest BCUT2D eigenvalue weighted by molar-refractivity contribution is 0.418. The minimum absolute atomic E-state index is 0.136.